The molecule has 0 bridgehead atoms. The SMILES string of the molecule is c1ccc(-c2nc(-c3ccccc3)nc(-c3ccc4c(c3)sc3cc(-c5ncnc6c5oc5ccccc56)ccc34)n2)cc1. The highest BCUT2D eigenvalue weighted by atomic mass is 32.1. The number of nitrogens with zero attached hydrogens (tertiary/aromatic N) is 5. The van der Waals surface area contributed by atoms with Crippen LogP contribution in [-0.2, 0) is 0 Å². The summed E-state index contributed by atoms with van der Waals surface area (Å²) in [6.07, 6.45) is 1.61. The van der Waals surface area contributed by atoms with E-state index in [-0.39, 0.29) is 0 Å². The minimum atomic E-state index is 0.644. The Bertz CT molecular complexity index is 2450. The highest BCUT2D eigenvalue weighted by molar-refractivity contribution is 7.25. The molecular formula is C37H21N5OS. The molecule has 0 aliphatic rings. The number of rotatable bonds is 4. The lowest BCUT2D eigenvalue weighted by Gasteiger charge is -2.08. The minimum absolute atomic E-state index is 0.644. The Balaban J connectivity index is 1.17. The molecule has 0 saturated carbocycles. The highest BCUT2D eigenvalue weighted by Crippen LogP contribution is 2.40. The van der Waals surface area contributed by atoms with E-state index in [1.807, 2.05) is 84.9 Å². The monoisotopic (exact) mass is 583 g/mol. The lowest BCUT2D eigenvalue weighted by Crippen LogP contribution is -1.99. The average Bonchev–Trinajstić information content (AvgIpc) is 3.66. The Labute approximate surface area is 255 Å². The summed E-state index contributed by atoms with van der Waals surface area (Å²) < 4.78 is 8.55. The predicted octanol–water partition coefficient (Wildman–Crippen LogP) is 9.60. The molecule has 4 aromatic heterocycles. The Morgan fingerprint density at radius 2 is 1.05 bits per heavy atom. The molecule has 0 N–H and O–H groups in total. The number of benzene rings is 5. The smallest absolute Gasteiger partial charge is 0.180 e. The number of fused-ring (bicyclic) bond motifs is 6. The van der Waals surface area contributed by atoms with Gasteiger partial charge in [0.2, 0.25) is 0 Å². The maximum absolute atomic E-state index is 6.22. The molecule has 0 aliphatic heterocycles. The third-order valence-corrected chi connectivity index (χ3v) is 8.98. The molecule has 0 fully saturated rings. The summed E-state index contributed by atoms with van der Waals surface area (Å²) in [7, 11) is 0. The molecule has 7 heteroatoms. The van der Waals surface area contributed by atoms with Crippen molar-refractivity contribution in [2.75, 3.05) is 0 Å². The fourth-order valence-corrected chi connectivity index (χ4v) is 6.91. The molecule has 0 unspecified atom stereocenters. The van der Waals surface area contributed by atoms with Crippen LogP contribution in [0.15, 0.2) is 132 Å². The number of furan rings is 1. The van der Waals surface area contributed by atoms with Crippen molar-refractivity contribution in [1.29, 1.82) is 0 Å². The average molecular weight is 584 g/mol. The molecule has 0 atom stereocenters. The molecule has 44 heavy (non-hydrogen) atoms. The predicted molar refractivity (Wildman–Crippen MR) is 177 cm³/mol. The first-order valence-electron chi connectivity index (χ1n) is 14.2. The van der Waals surface area contributed by atoms with Crippen LogP contribution in [0.2, 0.25) is 0 Å². The van der Waals surface area contributed by atoms with Crippen LogP contribution in [0.1, 0.15) is 0 Å². The van der Waals surface area contributed by atoms with Crippen molar-refractivity contribution in [3.05, 3.63) is 128 Å². The lowest BCUT2D eigenvalue weighted by molar-refractivity contribution is 0.667. The molecule has 0 spiro atoms. The molecule has 5 aromatic carbocycles. The van der Waals surface area contributed by atoms with Gasteiger partial charge in [0.25, 0.3) is 0 Å². The molecular weight excluding hydrogens is 563 g/mol. The molecule has 0 aliphatic carbocycles. The van der Waals surface area contributed by atoms with E-state index in [0.29, 0.717) is 23.1 Å². The van der Waals surface area contributed by atoms with Gasteiger partial charge in [-0.3, -0.25) is 0 Å². The first-order chi connectivity index (χ1) is 21.8. The Hall–Kier alpha value is -5.79. The maximum atomic E-state index is 6.22. The largest absolute Gasteiger partial charge is 0.452 e. The van der Waals surface area contributed by atoms with E-state index in [1.165, 1.54) is 15.5 Å². The van der Waals surface area contributed by atoms with Gasteiger partial charge in [-0.2, -0.15) is 0 Å². The fourth-order valence-electron chi connectivity index (χ4n) is 5.73. The summed E-state index contributed by atoms with van der Waals surface area (Å²) in [5.74, 6) is 1.94. The van der Waals surface area contributed by atoms with Crippen LogP contribution in [0.3, 0.4) is 0 Å². The van der Waals surface area contributed by atoms with Crippen molar-refractivity contribution in [2.45, 2.75) is 0 Å². The van der Waals surface area contributed by atoms with Gasteiger partial charge in [-0.15, -0.1) is 11.3 Å². The van der Waals surface area contributed by atoms with Crippen LogP contribution >= 0.6 is 11.3 Å². The first kappa shape index (κ1) is 24.8. The van der Waals surface area contributed by atoms with Gasteiger partial charge in [-0.05, 0) is 24.3 Å². The van der Waals surface area contributed by atoms with Crippen LogP contribution in [0, 0.1) is 0 Å². The van der Waals surface area contributed by atoms with Crippen molar-refractivity contribution in [3.63, 3.8) is 0 Å². The second kappa shape index (κ2) is 9.90. The van der Waals surface area contributed by atoms with E-state index < -0.39 is 0 Å². The van der Waals surface area contributed by atoms with E-state index in [2.05, 4.69) is 46.4 Å². The van der Waals surface area contributed by atoms with E-state index in [4.69, 9.17) is 19.4 Å². The number of para-hydroxylation sites is 1. The zero-order valence-electron chi connectivity index (χ0n) is 23.2. The zero-order valence-corrected chi connectivity index (χ0v) is 24.0. The molecule has 9 rings (SSSR count). The van der Waals surface area contributed by atoms with Gasteiger partial charge in [0.15, 0.2) is 23.1 Å². The second-order valence-electron chi connectivity index (χ2n) is 10.6. The van der Waals surface area contributed by atoms with Crippen LogP contribution in [0.5, 0.6) is 0 Å². The topological polar surface area (TPSA) is 77.6 Å². The molecule has 0 saturated heterocycles. The van der Waals surface area contributed by atoms with Gasteiger partial charge in [-0.25, -0.2) is 24.9 Å². The van der Waals surface area contributed by atoms with Gasteiger partial charge in [0.1, 0.15) is 23.1 Å². The van der Waals surface area contributed by atoms with Crippen molar-refractivity contribution in [2.24, 2.45) is 0 Å². The first-order valence-corrected chi connectivity index (χ1v) is 15.1. The van der Waals surface area contributed by atoms with Gasteiger partial charge < -0.3 is 4.42 Å². The van der Waals surface area contributed by atoms with E-state index in [9.17, 15) is 0 Å². The summed E-state index contributed by atoms with van der Waals surface area (Å²) in [6.45, 7) is 0. The molecule has 9 aromatic rings. The molecule has 6 nitrogen and oxygen atoms in total. The van der Waals surface area contributed by atoms with Crippen molar-refractivity contribution in [3.8, 4) is 45.4 Å². The van der Waals surface area contributed by atoms with Crippen LogP contribution in [0.25, 0.3) is 87.7 Å². The lowest BCUT2D eigenvalue weighted by atomic mass is 10.1. The quantitative estimate of drug-likeness (QED) is 0.205. The zero-order chi connectivity index (χ0) is 29.0. The number of aromatic nitrogens is 5. The molecule has 4 heterocycles. The number of hydrogen-bond donors (Lipinski definition) is 0. The third kappa shape index (κ3) is 4.06. The van der Waals surface area contributed by atoms with Crippen LogP contribution in [-0.4, -0.2) is 24.9 Å². The third-order valence-electron chi connectivity index (χ3n) is 7.86. The Morgan fingerprint density at radius 1 is 0.477 bits per heavy atom. The number of thiophene rings is 1. The standard InChI is InChI=1S/C37H21N5OS/c1-3-9-22(10-4-1)35-40-36(23-11-5-2-6-12-23)42-37(41-35)25-16-18-27-26-17-15-24(19-30(26)44-31(27)20-25)32-34-33(39-21-38-32)28-13-7-8-14-29(28)43-34/h1-21H. The normalized spacial score (nSPS) is 11.6. The van der Waals surface area contributed by atoms with Gasteiger partial charge >= 0.3 is 0 Å². The molecule has 206 valence electrons. The maximum Gasteiger partial charge on any atom is 0.180 e. The van der Waals surface area contributed by atoms with Gasteiger partial charge in [-0.1, -0.05) is 97.1 Å². The van der Waals surface area contributed by atoms with Crippen molar-refractivity contribution < 1.29 is 4.42 Å². The van der Waals surface area contributed by atoms with E-state index in [1.54, 1.807) is 17.7 Å². The second-order valence-corrected chi connectivity index (χ2v) is 11.6. The van der Waals surface area contributed by atoms with Crippen molar-refractivity contribution in [1.82, 2.24) is 24.9 Å². The summed E-state index contributed by atoms with van der Waals surface area (Å²) in [4.78, 5) is 23.8. The minimum Gasteiger partial charge on any atom is -0.452 e. The van der Waals surface area contributed by atoms with E-state index >= 15 is 0 Å². The summed E-state index contributed by atoms with van der Waals surface area (Å²) in [5, 5.41) is 3.38. The highest BCUT2D eigenvalue weighted by Gasteiger charge is 2.17. The molecule has 0 radical (unpaired) electrons. The summed E-state index contributed by atoms with van der Waals surface area (Å²) in [5.41, 5.74) is 6.97. The van der Waals surface area contributed by atoms with Crippen LogP contribution in [0.4, 0.5) is 0 Å². The van der Waals surface area contributed by atoms with Gasteiger partial charge in [0, 0.05) is 47.8 Å². The number of hydrogen-bond acceptors (Lipinski definition) is 7. The summed E-state index contributed by atoms with van der Waals surface area (Å²) in [6, 6.07) is 41.0. The Morgan fingerprint density at radius 3 is 1.73 bits per heavy atom. The Kier molecular flexibility index (Phi) is 5.57. The fraction of sp³-hybridized carbons (Fsp3) is 0. The summed E-state index contributed by atoms with van der Waals surface area (Å²) >= 11 is 1.75. The van der Waals surface area contributed by atoms with Crippen LogP contribution < -0.4 is 0 Å². The van der Waals surface area contributed by atoms with Crippen molar-refractivity contribution >= 4 is 53.6 Å². The van der Waals surface area contributed by atoms with E-state index in [0.717, 1.165) is 49.1 Å². The molecule has 0 amide bonds. The van der Waals surface area contributed by atoms with Gasteiger partial charge in [0.05, 0.1) is 0 Å².